The molecule has 0 saturated heterocycles. The molecule has 4 N–H and O–H groups in total. The van der Waals surface area contributed by atoms with Gasteiger partial charge in [0.1, 0.15) is 24.3 Å². The largest absolute Gasteiger partial charge is 0.435 e. The van der Waals surface area contributed by atoms with Crippen LogP contribution < -0.4 is 11.5 Å². The maximum atomic E-state index is 10.6. The topological polar surface area (TPSA) is 139 Å². The second-order valence-corrected chi connectivity index (χ2v) is 5.00. The third kappa shape index (κ3) is 5.55. The first-order valence-corrected chi connectivity index (χ1v) is 7.03. The zero-order chi connectivity index (χ0) is 15.0. The summed E-state index contributed by atoms with van der Waals surface area (Å²) in [4.78, 5) is 24.4. The van der Waals surface area contributed by atoms with Crippen molar-refractivity contribution in [3.05, 3.63) is 22.5 Å². The standard InChI is InChI=1S/C10H17N5O4S/c11-8(9(12)16)6-19-4-1-5-20-7-14-3-2-13-10(14)15(17)18/h2-3,8H,1,4-7,11H2,(H2,12,16)/t8-/m0/s1. The number of rotatable bonds is 10. The van der Waals surface area contributed by atoms with Crippen molar-refractivity contribution in [1.29, 1.82) is 0 Å². The van der Waals surface area contributed by atoms with Gasteiger partial charge in [-0.25, -0.2) is 4.57 Å². The van der Waals surface area contributed by atoms with Crippen molar-refractivity contribution in [3.8, 4) is 0 Å². The molecule has 1 aromatic rings. The van der Waals surface area contributed by atoms with E-state index in [1.807, 2.05) is 0 Å². The molecule has 0 aliphatic heterocycles. The van der Waals surface area contributed by atoms with Gasteiger partial charge in [-0.15, -0.1) is 11.8 Å². The van der Waals surface area contributed by atoms with E-state index in [9.17, 15) is 14.9 Å². The number of nitrogens with zero attached hydrogens (tertiary/aromatic N) is 3. The Balaban J connectivity index is 2.09. The molecular formula is C10H17N5O4S. The summed E-state index contributed by atoms with van der Waals surface area (Å²) in [6, 6.07) is -0.781. The van der Waals surface area contributed by atoms with E-state index in [0.29, 0.717) is 12.5 Å². The number of aromatic nitrogens is 2. The van der Waals surface area contributed by atoms with E-state index >= 15 is 0 Å². The first-order valence-electron chi connectivity index (χ1n) is 5.88. The first kappa shape index (κ1) is 16.4. The Labute approximate surface area is 119 Å². The molecular weight excluding hydrogens is 286 g/mol. The molecule has 10 heteroatoms. The van der Waals surface area contributed by atoms with Gasteiger partial charge in [-0.1, -0.05) is 4.98 Å². The van der Waals surface area contributed by atoms with Crippen molar-refractivity contribution in [2.75, 3.05) is 19.0 Å². The lowest BCUT2D eigenvalue weighted by Crippen LogP contribution is -2.40. The molecule has 1 aromatic heterocycles. The zero-order valence-electron chi connectivity index (χ0n) is 10.8. The SMILES string of the molecule is NC(=O)[C@@H](N)COCCCSCn1ccnc1[N+](=O)[O-]. The average Bonchev–Trinajstić information content (AvgIpc) is 2.85. The summed E-state index contributed by atoms with van der Waals surface area (Å²) in [5.74, 6) is 0.464. The smallest absolute Gasteiger partial charge is 0.390 e. The van der Waals surface area contributed by atoms with E-state index in [0.717, 1.165) is 12.2 Å². The maximum absolute atomic E-state index is 10.6. The Kier molecular flexibility index (Phi) is 6.98. The number of nitro groups is 1. The molecule has 0 saturated carbocycles. The van der Waals surface area contributed by atoms with Crippen molar-refractivity contribution >= 4 is 23.6 Å². The molecule has 20 heavy (non-hydrogen) atoms. The summed E-state index contributed by atoms with van der Waals surface area (Å²) in [6.07, 6.45) is 3.71. The first-order chi connectivity index (χ1) is 9.52. The Morgan fingerprint density at radius 2 is 2.40 bits per heavy atom. The normalized spacial score (nSPS) is 12.2. The fourth-order valence-electron chi connectivity index (χ4n) is 1.29. The predicted molar refractivity (Wildman–Crippen MR) is 73.9 cm³/mol. The number of nitrogens with two attached hydrogens (primary N) is 2. The molecule has 112 valence electrons. The highest BCUT2D eigenvalue weighted by atomic mass is 32.2. The van der Waals surface area contributed by atoms with Gasteiger partial charge >= 0.3 is 5.95 Å². The Morgan fingerprint density at radius 3 is 3.05 bits per heavy atom. The molecule has 0 fully saturated rings. The molecule has 0 aromatic carbocycles. The molecule has 9 nitrogen and oxygen atoms in total. The summed E-state index contributed by atoms with van der Waals surface area (Å²) in [6.45, 7) is 0.562. The van der Waals surface area contributed by atoms with Crippen LogP contribution in [0.15, 0.2) is 12.4 Å². The predicted octanol–water partition coefficient (Wildman–Crippen LogP) is -0.299. The van der Waals surface area contributed by atoms with Crippen LogP contribution in [-0.4, -0.2) is 45.4 Å². The number of carbonyl (C=O) groups excluding carboxylic acids is 1. The number of hydrogen-bond donors (Lipinski definition) is 2. The van der Waals surface area contributed by atoms with Crippen LogP contribution in [0, 0.1) is 10.1 Å². The summed E-state index contributed by atoms with van der Waals surface area (Å²) in [5.41, 5.74) is 10.4. The second kappa shape index (κ2) is 8.51. The number of imidazole rings is 1. The monoisotopic (exact) mass is 303 g/mol. The maximum Gasteiger partial charge on any atom is 0.435 e. The third-order valence-corrected chi connectivity index (χ3v) is 3.37. The van der Waals surface area contributed by atoms with E-state index in [2.05, 4.69) is 4.98 Å². The van der Waals surface area contributed by atoms with E-state index in [-0.39, 0.29) is 12.6 Å². The highest BCUT2D eigenvalue weighted by Gasteiger charge is 2.13. The lowest BCUT2D eigenvalue weighted by atomic mass is 10.3. The second-order valence-electron chi connectivity index (χ2n) is 3.93. The minimum absolute atomic E-state index is 0.104. The minimum atomic E-state index is -0.781. The van der Waals surface area contributed by atoms with Crippen LogP contribution in [0.1, 0.15) is 6.42 Å². The number of thioether (sulfide) groups is 1. The molecule has 1 amide bonds. The van der Waals surface area contributed by atoms with E-state index in [1.54, 1.807) is 6.20 Å². The third-order valence-electron chi connectivity index (χ3n) is 2.33. The molecule has 0 aliphatic rings. The van der Waals surface area contributed by atoms with Gasteiger partial charge in [0.2, 0.25) is 5.91 Å². The quantitative estimate of drug-likeness (QED) is 0.343. The summed E-state index contributed by atoms with van der Waals surface area (Å²) in [5, 5.41) is 10.6. The molecule has 0 radical (unpaired) electrons. The van der Waals surface area contributed by atoms with Crippen LogP contribution in [-0.2, 0) is 15.4 Å². The van der Waals surface area contributed by atoms with Crippen molar-refractivity contribution in [1.82, 2.24) is 9.55 Å². The molecule has 0 aliphatic carbocycles. The number of ether oxygens (including phenoxy) is 1. The van der Waals surface area contributed by atoms with Gasteiger partial charge in [0.05, 0.1) is 6.61 Å². The van der Waals surface area contributed by atoms with Crippen LogP contribution >= 0.6 is 11.8 Å². The Bertz CT molecular complexity index is 453. The van der Waals surface area contributed by atoms with Crippen LogP contribution in [0.2, 0.25) is 0 Å². The summed E-state index contributed by atoms with van der Waals surface area (Å²) < 4.78 is 6.66. The Morgan fingerprint density at radius 1 is 1.65 bits per heavy atom. The lowest BCUT2D eigenvalue weighted by Gasteiger charge is -2.08. The number of hydrogen-bond acceptors (Lipinski definition) is 7. The molecule has 1 rings (SSSR count). The van der Waals surface area contributed by atoms with Crippen LogP contribution in [0.25, 0.3) is 0 Å². The van der Waals surface area contributed by atoms with Crippen LogP contribution in [0.4, 0.5) is 5.95 Å². The zero-order valence-corrected chi connectivity index (χ0v) is 11.6. The summed E-state index contributed by atoms with van der Waals surface area (Å²) >= 11 is 1.52. The molecule has 1 heterocycles. The highest BCUT2D eigenvalue weighted by Crippen LogP contribution is 2.13. The van der Waals surface area contributed by atoms with Gasteiger partial charge in [0.25, 0.3) is 0 Å². The fourth-order valence-corrected chi connectivity index (χ4v) is 2.14. The number of primary amides is 1. The Hall–Kier alpha value is -1.65. The van der Waals surface area contributed by atoms with Crippen LogP contribution in [0.3, 0.4) is 0 Å². The van der Waals surface area contributed by atoms with Gasteiger partial charge in [0.15, 0.2) is 0 Å². The highest BCUT2D eigenvalue weighted by molar-refractivity contribution is 7.98. The van der Waals surface area contributed by atoms with Crippen molar-refractivity contribution in [2.24, 2.45) is 11.5 Å². The minimum Gasteiger partial charge on any atom is -0.390 e. The van der Waals surface area contributed by atoms with Crippen molar-refractivity contribution in [2.45, 2.75) is 18.3 Å². The molecule has 1 atom stereocenters. The fraction of sp³-hybridized carbons (Fsp3) is 0.600. The summed E-state index contributed by atoms with van der Waals surface area (Å²) in [7, 11) is 0. The van der Waals surface area contributed by atoms with Gasteiger partial charge in [-0.3, -0.25) is 4.79 Å². The number of amides is 1. The molecule has 0 spiro atoms. The molecule has 0 unspecified atom stereocenters. The van der Waals surface area contributed by atoms with E-state index in [1.165, 1.54) is 22.5 Å². The van der Waals surface area contributed by atoms with Gasteiger partial charge in [-0.2, -0.15) is 0 Å². The van der Waals surface area contributed by atoms with Gasteiger partial charge < -0.3 is 26.3 Å². The van der Waals surface area contributed by atoms with Crippen molar-refractivity contribution in [3.63, 3.8) is 0 Å². The van der Waals surface area contributed by atoms with Crippen molar-refractivity contribution < 1.29 is 14.5 Å². The van der Waals surface area contributed by atoms with Gasteiger partial charge in [-0.05, 0) is 17.1 Å². The van der Waals surface area contributed by atoms with Gasteiger partial charge in [0, 0.05) is 6.61 Å². The average molecular weight is 303 g/mol. The molecule has 0 bridgehead atoms. The van der Waals surface area contributed by atoms with E-state index in [4.69, 9.17) is 16.2 Å². The lowest BCUT2D eigenvalue weighted by molar-refractivity contribution is -0.396. The van der Waals surface area contributed by atoms with E-state index < -0.39 is 16.9 Å². The van der Waals surface area contributed by atoms with Crippen LogP contribution in [0.5, 0.6) is 0 Å². The number of carbonyl (C=O) groups is 1.